The minimum Gasteiger partial charge on any atom is -0.668 e. The SMILES string of the molecule is CN(C)[C-]=O.C[N-]C.[Y]. The van der Waals surface area contributed by atoms with Crippen molar-refractivity contribution in [2.24, 2.45) is 0 Å². The number of carbonyl (C=O) groups excluding carboxylic acids is 1. The van der Waals surface area contributed by atoms with Gasteiger partial charge in [-0.1, -0.05) is 0 Å². The fourth-order valence-corrected chi connectivity index (χ4v) is 0. The maximum absolute atomic E-state index is 9.31. The van der Waals surface area contributed by atoms with Crippen molar-refractivity contribution < 1.29 is 37.5 Å². The molecular weight excluding hydrogens is 193 g/mol. The van der Waals surface area contributed by atoms with Gasteiger partial charge in [-0.25, -0.2) is 0 Å². The Morgan fingerprint density at radius 1 is 1.33 bits per heavy atom. The van der Waals surface area contributed by atoms with Gasteiger partial charge in [0, 0.05) is 32.7 Å². The number of rotatable bonds is 1. The minimum absolute atomic E-state index is 0. The van der Waals surface area contributed by atoms with Gasteiger partial charge >= 0.3 is 0 Å². The van der Waals surface area contributed by atoms with E-state index < -0.39 is 0 Å². The largest absolute Gasteiger partial charge is 0.668 e. The van der Waals surface area contributed by atoms with Crippen molar-refractivity contribution in [1.29, 1.82) is 0 Å². The molecule has 0 unspecified atom stereocenters. The molecule has 0 aliphatic carbocycles. The van der Waals surface area contributed by atoms with Crippen molar-refractivity contribution in [3.63, 3.8) is 0 Å². The van der Waals surface area contributed by atoms with Crippen LogP contribution in [0.25, 0.3) is 5.32 Å². The summed E-state index contributed by atoms with van der Waals surface area (Å²) in [5, 5.41) is 3.50. The van der Waals surface area contributed by atoms with E-state index in [9.17, 15) is 4.79 Å². The Hall–Kier alpha value is 0.534. The molecule has 0 fully saturated rings. The van der Waals surface area contributed by atoms with Crippen LogP contribution in [0, 0.1) is 0 Å². The Bertz CT molecular complexity index is 50.2. The number of nitrogens with zero attached hydrogens (tertiary/aromatic N) is 2. The maximum Gasteiger partial charge on any atom is 0 e. The summed E-state index contributed by atoms with van der Waals surface area (Å²) in [4.78, 5) is 10.6. The maximum atomic E-state index is 9.31. The topological polar surface area (TPSA) is 34.4 Å². The van der Waals surface area contributed by atoms with Gasteiger partial charge in [-0.15, -0.1) is 0 Å². The van der Waals surface area contributed by atoms with Crippen LogP contribution in [0.1, 0.15) is 0 Å². The average Bonchev–Trinajstić information content (AvgIpc) is 1.69. The summed E-state index contributed by atoms with van der Waals surface area (Å²) in [6, 6.07) is 0. The summed E-state index contributed by atoms with van der Waals surface area (Å²) < 4.78 is 0. The van der Waals surface area contributed by atoms with Crippen LogP contribution >= 0.6 is 0 Å². The van der Waals surface area contributed by atoms with E-state index in [4.69, 9.17) is 0 Å². The first-order valence-electron chi connectivity index (χ1n) is 2.22. The van der Waals surface area contributed by atoms with E-state index in [0.29, 0.717) is 0 Å². The third-order valence-corrected chi connectivity index (χ3v) is 0.183. The molecule has 0 aliphatic heterocycles. The van der Waals surface area contributed by atoms with E-state index in [-0.39, 0.29) is 32.7 Å². The van der Waals surface area contributed by atoms with Gasteiger partial charge in [-0.05, 0) is 14.1 Å². The summed E-state index contributed by atoms with van der Waals surface area (Å²) in [6.07, 6.45) is 1.61. The molecule has 3 nitrogen and oxygen atoms in total. The predicted octanol–water partition coefficient (Wildman–Crippen LogP) is 0.232. The summed E-state index contributed by atoms with van der Waals surface area (Å²) in [5.74, 6) is 0. The summed E-state index contributed by atoms with van der Waals surface area (Å²) in [7, 11) is 6.76. The second-order valence-electron chi connectivity index (χ2n) is 1.43. The molecule has 0 atom stereocenters. The summed E-state index contributed by atoms with van der Waals surface area (Å²) >= 11 is 0. The van der Waals surface area contributed by atoms with Crippen LogP contribution < -0.4 is 0 Å². The molecule has 0 aromatic carbocycles. The first kappa shape index (κ1) is 16.3. The van der Waals surface area contributed by atoms with Crippen molar-refractivity contribution in [2.45, 2.75) is 0 Å². The van der Waals surface area contributed by atoms with Gasteiger partial charge in [0.1, 0.15) is 0 Å². The Morgan fingerprint density at radius 3 is 1.44 bits per heavy atom. The molecule has 0 N–H and O–H groups in total. The van der Waals surface area contributed by atoms with E-state index in [1.165, 1.54) is 4.90 Å². The molecule has 4 heteroatoms. The summed E-state index contributed by atoms with van der Waals surface area (Å²) in [6.45, 7) is 0. The monoisotopic (exact) mass is 205 g/mol. The molecule has 0 aromatic rings. The molecule has 0 rings (SSSR count). The van der Waals surface area contributed by atoms with Crippen molar-refractivity contribution in [1.82, 2.24) is 4.90 Å². The molecule has 1 amide bonds. The van der Waals surface area contributed by atoms with Crippen molar-refractivity contribution in [3.8, 4) is 0 Å². The average molecular weight is 205 g/mol. The van der Waals surface area contributed by atoms with Crippen LogP contribution in [-0.2, 0) is 37.5 Å². The molecule has 0 aliphatic rings. The first-order chi connectivity index (χ1) is 3.68. The summed E-state index contributed by atoms with van der Waals surface area (Å²) in [5.41, 5.74) is 0. The number of hydrogen-bond acceptors (Lipinski definition) is 1. The van der Waals surface area contributed by atoms with Gasteiger partial charge in [0.15, 0.2) is 0 Å². The van der Waals surface area contributed by atoms with E-state index in [0.717, 1.165) is 0 Å². The molecule has 1 radical (unpaired) electrons. The van der Waals surface area contributed by atoms with Gasteiger partial charge < -0.3 is 15.0 Å². The fourth-order valence-electron chi connectivity index (χ4n) is 0. The van der Waals surface area contributed by atoms with E-state index in [1.807, 2.05) is 0 Å². The molecule has 0 saturated heterocycles. The van der Waals surface area contributed by atoms with Gasteiger partial charge in [0.05, 0.1) is 0 Å². The minimum atomic E-state index is 0. The van der Waals surface area contributed by atoms with E-state index in [1.54, 1.807) is 34.6 Å². The van der Waals surface area contributed by atoms with Crippen molar-refractivity contribution >= 4 is 6.41 Å². The van der Waals surface area contributed by atoms with Gasteiger partial charge in [-0.2, -0.15) is 20.5 Å². The van der Waals surface area contributed by atoms with Gasteiger partial charge in [-0.3, -0.25) is 0 Å². The Kier molecular flexibility index (Phi) is 28.6. The molecule has 0 heterocycles. The fraction of sp³-hybridized carbons (Fsp3) is 0.800. The van der Waals surface area contributed by atoms with Crippen LogP contribution in [0.5, 0.6) is 0 Å². The molecule has 0 aromatic heterocycles. The number of amides is 1. The van der Waals surface area contributed by atoms with Gasteiger partial charge in [0.25, 0.3) is 0 Å². The third-order valence-electron chi connectivity index (χ3n) is 0.183. The molecule has 0 spiro atoms. The van der Waals surface area contributed by atoms with E-state index >= 15 is 0 Å². The molecule has 0 saturated carbocycles. The molecular formula is C5H12N2OY-2. The smallest absolute Gasteiger partial charge is 0 e. The standard InChI is InChI=1S/C3H6NO.C2H6N.Y/c1-4(2)3-5;1-3-2;/h1-2H3;1-2H3;/q2*-1;. The van der Waals surface area contributed by atoms with Crippen LogP contribution in [0.15, 0.2) is 0 Å². The van der Waals surface area contributed by atoms with Crippen LogP contribution in [0.3, 0.4) is 0 Å². The van der Waals surface area contributed by atoms with Crippen LogP contribution in [0.2, 0.25) is 0 Å². The van der Waals surface area contributed by atoms with Crippen LogP contribution in [0.4, 0.5) is 0 Å². The molecule has 9 heavy (non-hydrogen) atoms. The number of hydrogen-bond donors (Lipinski definition) is 0. The first-order valence-corrected chi connectivity index (χ1v) is 2.22. The predicted molar refractivity (Wildman–Crippen MR) is 34.6 cm³/mol. The van der Waals surface area contributed by atoms with E-state index in [2.05, 4.69) is 5.32 Å². The molecule has 0 bridgehead atoms. The van der Waals surface area contributed by atoms with Crippen molar-refractivity contribution in [2.75, 3.05) is 28.2 Å². The zero-order valence-electron chi connectivity index (χ0n) is 6.38. The Balaban J connectivity index is -0.0000000800. The van der Waals surface area contributed by atoms with Crippen molar-refractivity contribution in [3.05, 3.63) is 5.32 Å². The second-order valence-corrected chi connectivity index (χ2v) is 1.43. The molecule has 53 valence electrons. The Labute approximate surface area is 82.1 Å². The zero-order chi connectivity index (χ0) is 6.99. The third kappa shape index (κ3) is 56.7. The normalized spacial score (nSPS) is 5.78. The zero-order valence-corrected chi connectivity index (χ0v) is 9.22. The second kappa shape index (κ2) is 15.8. The Morgan fingerprint density at radius 2 is 1.44 bits per heavy atom. The van der Waals surface area contributed by atoms with Gasteiger partial charge in [0.2, 0.25) is 0 Å². The quantitative estimate of drug-likeness (QED) is 0.445. The van der Waals surface area contributed by atoms with Crippen LogP contribution in [-0.4, -0.2) is 39.5 Å².